The number of benzene rings is 2. The Morgan fingerprint density at radius 1 is 1.00 bits per heavy atom. The second kappa shape index (κ2) is 11.2. The highest BCUT2D eigenvalue weighted by atomic mass is 32.2. The van der Waals surface area contributed by atoms with E-state index in [-0.39, 0.29) is 41.8 Å². The van der Waals surface area contributed by atoms with Crippen molar-refractivity contribution < 1.29 is 23.1 Å². The van der Waals surface area contributed by atoms with Crippen molar-refractivity contribution in [3.8, 4) is 0 Å². The molecule has 0 radical (unpaired) electrons. The second-order valence-electron chi connectivity index (χ2n) is 6.68. The maximum Gasteiger partial charge on any atom is 0.319 e. The Hall–Kier alpha value is -3.80. The highest BCUT2D eigenvalue weighted by Gasteiger charge is 2.18. The van der Waals surface area contributed by atoms with Crippen molar-refractivity contribution in [3.05, 3.63) is 66.0 Å². The summed E-state index contributed by atoms with van der Waals surface area (Å²) >= 11 is 1.08. The second-order valence-corrected chi connectivity index (χ2v) is 8.01. The van der Waals surface area contributed by atoms with Gasteiger partial charge in [0.1, 0.15) is 16.9 Å². The van der Waals surface area contributed by atoms with Crippen LogP contribution < -0.4 is 16.4 Å². The number of nitrogens with two attached hydrogens (primary N) is 1. The normalized spacial score (nSPS) is 11.5. The van der Waals surface area contributed by atoms with E-state index in [4.69, 9.17) is 10.5 Å². The first-order valence-corrected chi connectivity index (χ1v) is 10.7. The largest absolute Gasteiger partial charge is 0.457 e. The molecule has 0 spiro atoms. The predicted octanol–water partition coefficient (Wildman–Crippen LogP) is 3.28. The van der Waals surface area contributed by atoms with Crippen LogP contribution in [0.4, 0.5) is 32.1 Å². The van der Waals surface area contributed by atoms with Crippen molar-refractivity contribution >= 4 is 46.9 Å². The smallest absolute Gasteiger partial charge is 0.319 e. The third-order valence-corrected chi connectivity index (χ3v) is 5.19. The van der Waals surface area contributed by atoms with Gasteiger partial charge in [-0.25, -0.2) is 8.78 Å². The fourth-order valence-corrected chi connectivity index (χ4v) is 3.15. The quantitative estimate of drug-likeness (QED) is 0.400. The number of thioether (sulfide) groups is 1. The van der Waals surface area contributed by atoms with E-state index < -0.39 is 17.0 Å². The van der Waals surface area contributed by atoms with Gasteiger partial charge in [-0.2, -0.15) is 15.0 Å². The highest BCUT2D eigenvalue weighted by Crippen LogP contribution is 2.16. The maximum atomic E-state index is 13.0. The molecule has 0 aliphatic heterocycles. The molecule has 3 aromatic rings. The molecule has 0 saturated heterocycles. The Bertz CT molecular complexity index is 1120. The lowest BCUT2D eigenvalue weighted by molar-refractivity contribution is -0.144. The van der Waals surface area contributed by atoms with E-state index in [0.717, 1.165) is 11.8 Å². The summed E-state index contributed by atoms with van der Waals surface area (Å²) in [4.78, 5) is 36.2. The first-order valence-electron chi connectivity index (χ1n) is 9.65. The van der Waals surface area contributed by atoms with Crippen LogP contribution in [0.15, 0.2) is 48.5 Å². The number of nitrogens with zero attached hydrogens (tertiary/aromatic N) is 3. The lowest BCUT2D eigenvalue weighted by Crippen LogP contribution is -2.22. The zero-order chi connectivity index (χ0) is 23.8. The van der Waals surface area contributed by atoms with Crippen molar-refractivity contribution in [2.75, 3.05) is 22.1 Å². The molecular weight excluding hydrogens is 454 g/mol. The fraction of sp³-hybridized carbons (Fsp3) is 0.190. The summed E-state index contributed by atoms with van der Waals surface area (Å²) in [6.45, 7) is 1.35. The van der Waals surface area contributed by atoms with E-state index in [2.05, 4.69) is 25.6 Å². The molecule has 4 N–H and O–H groups in total. The van der Waals surface area contributed by atoms with E-state index in [9.17, 15) is 18.4 Å². The molecule has 172 valence electrons. The molecule has 0 aliphatic rings. The Labute approximate surface area is 192 Å². The lowest BCUT2D eigenvalue weighted by Gasteiger charge is -2.12. The molecule has 1 atom stereocenters. The first-order chi connectivity index (χ1) is 15.8. The predicted molar refractivity (Wildman–Crippen MR) is 121 cm³/mol. The Kier molecular flexibility index (Phi) is 8.08. The van der Waals surface area contributed by atoms with Gasteiger partial charge in [0.15, 0.2) is 12.4 Å². The summed E-state index contributed by atoms with van der Waals surface area (Å²) in [6.07, 6.45) is 0. The monoisotopic (exact) mass is 474 g/mol. The standard InChI is InChI=1S/C21H20F2N6O3S/c1-12(33-11-18(30)25-15-6-2-13(22)3-7-15)19(31)32-10-17-27-20(24)29-21(28-17)26-16-8-4-14(23)5-9-16/h2-9,12H,10-11H2,1H3,(H,25,30)(H3,24,26,27,28,29). The molecule has 1 heterocycles. The number of amides is 1. The maximum absolute atomic E-state index is 13.0. The van der Waals surface area contributed by atoms with Crippen LogP contribution in [0.25, 0.3) is 0 Å². The average molecular weight is 474 g/mol. The van der Waals surface area contributed by atoms with Crippen LogP contribution in [0.3, 0.4) is 0 Å². The minimum absolute atomic E-state index is 0.00190. The zero-order valence-corrected chi connectivity index (χ0v) is 18.2. The molecule has 1 amide bonds. The van der Waals surface area contributed by atoms with Crippen LogP contribution in [0.5, 0.6) is 0 Å². The minimum Gasteiger partial charge on any atom is -0.457 e. The van der Waals surface area contributed by atoms with Crippen molar-refractivity contribution in [3.63, 3.8) is 0 Å². The van der Waals surface area contributed by atoms with Crippen LogP contribution in [0.1, 0.15) is 12.7 Å². The van der Waals surface area contributed by atoms with E-state index in [0.29, 0.717) is 11.4 Å². The number of halogens is 2. The van der Waals surface area contributed by atoms with Gasteiger partial charge in [0, 0.05) is 11.4 Å². The number of hydrogen-bond acceptors (Lipinski definition) is 9. The number of nitrogens with one attached hydrogen (secondary N) is 2. The van der Waals surface area contributed by atoms with Crippen molar-refractivity contribution in [1.29, 1.82) is 0 Å². The summed E-state index contributed by atoms with van der Waals surface area (Å²) in [7, 11) is 0. The molecule has 0 aliphatic carbocycles. The molecule has 2 aromatic carbocycles. The molecule has 1 aromatic heterocycles. The van der Waals surface area contributed by atoms with Gasteiger partial charge in [-0.15, -0.1) is 11.8 Å². The molecule has 0 bridgehead atoms. The molecule has 33 heavy (non-hydrogen) atoms. The SMILES string of the molecule is CC(SCC(=O)Nc1ccc(F)cc1)C(=O)OCc1nc(N)nc(Nc2ccc(F)cc2)n1. The number of esters is 1. The number of ether oxygens (including phenoxy) is 1. The van der Waals surface area contributed by atoms with Crippen molar-refractivity contribution in [1.82, 2.24) is 15.0 Å². The third-order valence-electron chi connectivity index (χ3n) is 4.07. The Morgan fingerprint density at radius 2 is 1.61 bits per heavy atom. The van der Waals surface area contributed by atoms with Gasteiger partial charge < -0.3 is 21.1 Å². The fourth-order valence-electron chi connectivity index (χ4n) is 2.47. The van der Waals surface area contributed by atoms with Gasteiger partial charge in [0.2, 0.25) is 17.8 Å². The van der Waals surface area contributed by atoms with Crippen LogP contribution in [-0.2, 0) is 20.9 Å². The van der Waals surface area contributed by atoms with E-state index >= 15 is 0 Å². The average Bonchev–Trinajstić information content (AvgIpc) is 2.78. The number of rotatable bonds is 9. The first kappa shape index (κ1) is 23.9. The number of nitrogen functional groups attached to an aromatic ring is 1. The molecule has 1 unspecified atom stereocenters. The van der Waals surface area contributed by atoms with E-state index in [1.54, 1.807) is 6.92 Å². The molecule has 3 rings (SSSR count). The number of carbonyl (C=O) groups excluding carboxylic acids is 2. The van der Waals surface area contributed by atoms with E-state index in [1.165, 1.54) is 48.5 Å². The lowest BCUT2D eigenvalue weighted by atomic mass is 10.3. The van der Waals surface area contributed by atoms with Gasteiger partial charge in [-0.05, 0) is 55.5 Å². The summed E-state index contributed by atoms with van der Waals surface area (Å²) in [6, 6.07) is 10.9. The van der Waals surface area contributed by atoms with Gasteiger partial charge in [0.05, 0.1) is 5.75 Å². The molecule has 0 fully saturated rings. The minimum atomic E-state index is -0.639. The third kappa shape index (κ3) is 7.68. The van der Waals surface area contributed by atoms with Gasteiger partial charge in [0.25, 0.3) is 0 Å². The Morgan fingerprint density at radius 3 is 2.24 bits per heavy atom. The summed E-state index contributed by atoms with van der Waals surface area (Å²) in [5, 5.41) is 4.83. The molecule has 12 heteroatoms. The van der Waals surface area contributed by atoms with Gasteiger partial charge in [-0.1, -0.05) is 0 Å². The number of hydrogen-bond donors (Lipinski definition) is 3. The van der Waals surface area contributed by atoms with E-state index in [1.807, 2.05) is 0 Å². The summed E-state index contributed by atoms with van der Waals surface area (Å²) in [5.41, 5.74) is 6.67. The van der Waals surface area contributed by atoms with Gasteiger partial charge in [-0.3, -0.25) is 9.59 Å². The topological polar surface area (TPSA) is 132 Å². The van der Waals surface area contributed by atoms with Crippen LogP contribution in [-0.4, -0.2) is 37.8 Å². The van der Waals surface area contributed by atoms with Gasteiger partial charge >= 0.3 is 5.97 Å². The summed E-state index contributed by atoms with van der Waals surface area (Å²) < 4.78 is 31.2. The zero-order valence-electron chi connectivity index (χ0n) is 17.4. The van der Waals surface area contributed by atoms with Crippen molar-refractivity contribution in [2.24, 2.45) is 0 Å². The molecule has 0 saturated carbocycles. The molecule has 9 nitrogen and oxygen atoms in total. The molecular formula is C21H20F2N6O3S. The Balaban J connectivity index is 1.47. The van der Waals surface area contributed by atoms with Crippen molar-refractivity contribution in [2.45, 2.75) is 18.8 Å². The van der Waals surface area contributed by atoms with Crippen LogP contribution >= 0.6 is 11.8 Å². The summed E-state index contributed by atoms with van der Waals surface area (Å²) in [5.74, 6) is -1.56. The number of aromatic nitrogens is 3. The number of anilines is 4. The van der Waals surface area contributed by atoms with Crippen LogP contribution in [0.2, 0.25) is 0 Å². The highest BCUT2D eigenvalue weighted by molar-refractivity contribution is 8.01. The van der Waals surface area contributed by atoms with Crippen LogP contribution in [0, 0.1) is 11.6 Å². The number of carbonyl (C=O) groups is 2.